The quantitative estimate of drug-likeness (QED) is 0.767. The number of hydrogen-bond donors (Lipinski definition) is 1. The molecule has 2 amide bonds. The Bertz CT molecular complexity index is 761. The number of aromatic nitrogens is 3. The van der Waals surface area contributed by atoms with Crippen LogP contribution in [0.3, 0.4) is 0 Å². The third kappa shape index (κ3) is 4.11. The van der Waals surface area contributed by atoms with Gasteiger partial charge >= 0.3 is 0 Å². The molecule has 1 aliphatic heterocycles. The minimum atomic E-state index is -0.192. The molecular weight excluding hydrogens is 342 g/mol. The average molecular weight is 361 g/mol. The zero-order valence-corrected chi connectivity index (χ0v) is 14.8. The van der Waals surface area contributed by atoms with Gasteiger partial charge in [-0.2, -0.15) is 0 Å². The second-order valence-corrected chi connectivity index (χ2v) is 6.63. The molecule has 0 radical (unpaired) electrons. The number of thioether (sulfide) groups is 1. The van der Waals surface area contributed by atoms with Crippen LogP contribution in [0.15, 0.2) is 35.7 Å². The van der Waals surface area contributed by atoms with Crippen molar-refractivity contribution in [2.24, 2.45) is 7.05 Å². The van der Waals surface area contributed by atoms with E-state index in [0.717, 1.165) is 11.4 Å². The van der Waals surface area contributed by atoms with E-state index in [9.17, 15) is 9.59 Å². The van der Waals surface area contributed by atoms with Gasteiger partial charge in [-0.25, -0.2) is 0 Å². The Labute approximate surface area is 149 Å². The molecule has 0 unspecified atom stereocenters. The molecule has 1 fully saturated rings. The molecular formula is C16H19N5O3S. The number of ether oxygens (including phenoxy) is 1. The molecule has 9 heteroatoms. The molecule has 0 bridgehead atoms. The lowest BCUT2D eigenvalue weighted by Crippen LogP contribution is -2.38. The third-order valence-electron chi connectivity index (χ3n) is 3.88. The van der Waals surface area contributed by atoms with Gasteiger partial charge in [-0.3, -0.25) is 9.59 Å². The number of benzene rings is 1. The summed E-state index contributed by atoms with van der Waals surface area (Å²) in [6, 6.07) is 7.11. The van der Waals surface area contributed by atoms with Crippen LogP contribution >= 0.6 is 11.8 Å². The van der Waals surface area contributed by atoms with Crippen LogP contribution in [0.1, 0.15) is 6.42 Å². The number of carbonyl (C=O) groups excluding carboxylic acids is 2. The van der Waals surface area contributed by atoms with Crippen molar-refractivity contribution in [3.05, 3.63) is 30.6 Å². The van der Waals surface area contributed by atoms with Crippen molar-refractivity contribution in [2.45, 2.75) is 17.6 Å². The van der Waals surface area contributed by atoms with Gasteiger partial charge in [0.2, 0.25) is 11.8 Å². The first-order valence-electron chi connectivity index (χ1n) is 7.77. The number of nitrogens with one attached hydrogen (secondary N) is 1. The minimum absolute atomic E-state index is 0.00331. The number of amides is 2. The van der Waals surface area contributed by atoms with Crippen LogP contribution in [0.25, 0.3) is 0 Å². The van der Waals surface area contributed by atoms with Gasteiger partial charge in [-0.15, -0.1) is 10.2 Å². The van der Waals surface area contributed by atoms with Crippen LogP contribution in [0.2, 0.25) is 0 Å². The van der Waals surface area contributed by atoms with Gasteiger partial charge in [-0.1, -0.05) is 11.8 Å². The highest BCUT2D eigenvalue weighted by Gasteiger charge is 2.31. The molecule has 132 valence electrons. The van der Waals surface area contributed by atoms with E-state index in [1.807, 2.05) is 31.3 Å². The van der Waals surface area contributed by atoms with E-state index in [1.54, 1.807) is 22.9 Å². The maximum Gasteiger partial charge on any atom is 0.230 e. The van der Waals surface area contributed by atoms with Crippen LogP contribution in [-0.2, 0) is 16.6 Å². The first kappa shape index (κ1) is 17.3. The van der Waals surface area contributed by atoms with E-state index in [1.165, 1.54) is 11.8 Å². The van der Waals surface area contributed by atoms with E-state index in [0.29, 0.717) is 18.1 Å². The lowest BCUT2D eigenvalue weighted by molar-refractivity contribution is -0.119. The molecule has 1 atom stereocenters. The largest absolute Gasteiger partial charge is 0.497 e. The first-order chi connectivity index (χ1) is 12.1. The van der Waals surface area contributed by atoms with Crippen molar-refractivity contribution >= 4 is 29.3 Å². The Balaban J connectivity index is 1.53. The van der Waals surface area contributed by atoms with Gasteiger partial charge in [0.15, 0.2) is 5.16 Å². The van der Waals surface area contributed by atoms with Crippen LogP contribution in [0.5, 0.6) is 5.75 Å². The maximum absolute atomic E-state index is 12.2. The highest BCUT2D eigenvalue weighted by Crippen LogP contribution is 2.24. The number of hydrogen-bond acceptors (Lipinski definition) is 6. The van der Waals surface area contributed by atoms with Gasteiger partial charge in [0.05, 0.1) is 18.9 Å². The lowest BCUT2D eigenvalue weighted by Gasteiger charge is -2.17. The smallest absolute Gasteiger partial charge is 0.230 e. The fourth-order valence-corrected chi connectivity index (χ4v) is 3.32. The summed E-state index contributed by atoms with van der Waals surface area (Å²) < 4.78 is 6.88. The molecule has 1 aliphatic rings. The minimum Gasteiger partial charge on any atom is -0.497 e. The van der Waals surface area contributed by atoms with Gasteiger partial charge in [0.1, 0.15) is 12.1 Å². The molecule has 0 aliphatic carbocycles. The Hall–Kier alpha value is -2.55. The summed E-state index contributed by atoms with van der Waals surface area (Å²) in [4.78, 5) is 26.0. The van der Waals surface area contributed by atoms with Crippen LogP contribution in [-0.4, -0.2) is 52.0 Å². The molecule has 2 aromatic rings. The van der Waals surface area contributed by atoms with Gasteiger partial charge < -0.3 is 19.5 Å². The van der Waals surface area contributed by atoms with Crippen molar-refractivity contribution in [3.63, 3.8) is 0 Å². The third-order valence-corrected chi connectivity index (χ3v) is 4.91. The second-order valence-electron chi connectivity index (χ2n) is 5.68. The molecule has 1 N–H and O–H groups in total. The van der Waals surface area contributed by atoms with Gasteiger partial charge in [-0.05, 0) is 24.3 Å². The fraction of sp³-hybridized carbons (Fsp3) is 0.375. The summed E-state index contributed by atoms with van der Waals surface area (Å²) in [5.41, 5.74) is 0.802. The molecule has 1 aromatic heterocycles. The zero-order valence-electron chi connectivity index (χ0n) is 14.0. The number of carbonyl (C=O) groups is 2. The Morgan fingerprint density at radius 1 is 1.40 bits per heavy atom. The average Bonchev–Trinajstić information content (AvgIpc) is 3.18. The molecule has 0 saturated carbocycles. The number of methoxy groups -OCH3 is 1. The molecule has 1 saturated heterocycles. The topological polar surface area (TPSA) is 89.3 Å². The van der Waals surface area contributed by atoms with Crippen LogP contribution in [0.4, 0.5) is 5.69 Å². The van der Waals surface area contributed by atoms with Crippen LogP contribution in [0, 0.1) is 0 Å². The summed E-state index contributed by atoms with van der Waals surface area (Å²) in [6.07, 6.45) is 1.88. The second kappa shape index (κ2) is 7.56. The lowest BCUT2D eigenvalue weighted by atomic mass is 10.2. The molecule has 3 rings (SSSR count). The fourth-order valence-electron chi connectivity index (χ4n) is 2.62. The number of anilines is 1. The summed E-state index contributed by atoms with van der Waals surface area (Å²) in [6.45, 7) is 0.464. The highest BCUT2D eigenvalue weighted by molar-refractivity contribution is 7.99. The monoisotopic (exact) mass is 361 g/mol. The van der Waals surface area contributed by atoms with E-state index in [-0.39, 0.29) is 23.6 Å². The summed E-state index contributed by atoms with van der Waals surface area (Å²) in [5.74, 6) is 0.847. The molecule has 8 nitrogen and oxygen atoms in total. The Kier molecular flexibility index (Phi) is 5.22. The molecule has 25 heavy (non-hydrogen) atoms. The number of aryl methyl sites for hydroxylation is 1. The van der Waals surface area contributed by atoms with Crippen molar-refractivity contribution in [3.8, 4) is 5.75 Å². The highest BCUT2D eigenvalue weighted by atomic mass is 32.2. The number of rotatable bonds is 6. The van der Waals surface area contributed by atoms with Crippen molar-refractivity contribution < 1.29 is 14.3 Å². The van der Waals surface area contributed by atoms with E-state index >= 15 is 0 Å². The van der Waals surface area contributed by atoms with Gasteiger partial charge in [0, 0.05) is 25.7 Å². The predicted molar refractivity (Wildman–Crippen MR) is 93.6 cm³/mol. The summed E-state index contributed by atoms with van der Waals surface area (Å²) in [5, 5.41) is 11.3. The normalized spacial score (nSPS) is 17.0. The SMILES string of the molecule is COc1ccc(N2C[C@@H](NC(=O)CSc3nncn3C)CC2=O)cc1. The molecule has 2 heterocycles. The summed E-state index contributed by atoms with van der Waals surface area (Å²) in [7, 11) is 3.42. The summed E-state index contributed by atoms with van der Waals surface area (Å²) >= 11 is 1.31. The first-order valence-corrected chi connectivity index (χ1v) is 8.76. The van der Waals surface area contributed by atoms with Crippen molar-refractivity contribution in [1.29, 1.82) is 0 Å². The molecule has 1 aromatic carbocycles. The van der Waals surface area contributed by atoms with Crippen molar-refractivity contribution in [1.82, 2.24) is 20.1 Å². The predicted octanol–water partition coefficient (Wildman–Crippen LogP) is 0.837. The Morgan fingerprint density at radius 3 is 2.80 bits per heavy atom. The maximum atomic E-state index is 12.2. The standard InChI is InChI=1S/C16H19N5O3S/c1-20-10-17-19-16(20)25-9-14(22)18-11-7-15(23)21(8-11)12-3-5-13(24-2)6-4-12/h3-6,10-11H,7-9H2,1-2H3,(H,18,22)/t11-/m0/s1. The van der Waals surface area contributed by atoms with Crippen molar-refractivity contribution in [2.75, 3.05) is 24.3 Å². The Morgan fingerprint density at radius 2 is 2.16 bits per heavy atom. The van der Waals surface area contributed by atoms with E-state index in [2.05, 4.69) is 15.5 Å². The number of nitrogens with zero attached hydrogens (tertiary/aromatic N) is 4. The van der Waals surface area contributed by atoms with Crippen LogP contribution < -0.4 is 15.0 Å². The van der Waals surface area contributed by atoms with Gasteiger partial charge in [0.25, 0.3) is 0 Å². The van der Waals surface area contributed by atoms with E-state index < -0.39 is 0 Å². The zero-order chi connectivity index (χ0) is 17.8. The molecule has 0 spiro atoms. The van der Waals surface area contributed by atoms with E-state index in [4.69, 9.17) is 4.74 Å².